The number of hydrogen-bond donors (Lipinski definition) is 1. The van der Waals surface area contributed by atoms with Crippen molar-refractivity contribution >= 4 is 0 Å². The fraction of sp³-hybridized carbons (Fsp3) is 0.389. The van der Waals surface area contributed by atoms with Crippen LogP contribution in [0, 0.1) is 20.8 Å². The van der Waals surface area contributed by atoms with Gasteiger partial charge >= 0.3 is 0 Å². The summed E-state index contributed by atoms with van der Waals surface area (Å²) in [7, 11) is 0. The van der Waals surface area contributed by atoms with Crippen LogP contribution in [0.1, 0.15) is 40.9 Å². The van der Waals surface area contributed by atoms with Gasteiger partial charge in [-0.3, -0.25) is 4.98 Å². The third kappa shape index (κ3) is 3.45. The van der Waals surface area contributed by atoms with E-state index in [9.17, 15) is 0 Å². The lowest BCUT2D eigenvalue weighted by molar-refractivity contribution is 0.539. The highest BCUT2D eigenvalue weighted by Crippen LogP contribution is 2.26. The van der Waals surface area contributed by atoms with Gasteiger partial charge in [-0.25, -0.2) is 0 Å². The van der Waals surface area contributed by atoms with E-state index >= 15 is 0 Å². The number of nitrogens with zero attached hydrogens (tertiary/aromatic N) is 1. The third-order valence-electron chi connectivity index (χ3n) is 3.68. The first-order valence-corrected chi connectivity index (χ1v) is 7.32. The van der Waals surface area contributed by atoms with Crippen LogP contribution in [-0.2, 0) is 6.42 Å². The average Bonchev–Trinajstić information content (AvgIpc) is 2.39. The quantitative estimate of drug-likeness (QED) is 0.889. The van der Waals surface area contributed by atoms with Crippen molar-refractivity contribution < 1.29 is 0 Å². The Morgan fingerprint density at radius 2 is 1.80 bits per heavy atom. The maximum Gasteiger partial charge on any atom is 0.0422 e. The molecule has 1 aromatic heterocycles. The van der Waals surface area contributed by atoms with Crippen molar-refractivity contribution in [2.75, 3.05) is 6.54 Å². The molecule has 0 aliphatic rings. The van der Waals surface area contributed by atoms with Crippen molar-refractivity contribution in [1.29, 1.82) is 0 Å². The summed E-state index contributed by atoms with van der Waals surface area (Å²) >= 11 is 0. The second-order valence-electron chi connectivity index (χ2n) is 5.45. The highest BCUT2D eigenvalue weighted by molar-refractivity contribution is 5.40. The first kappa shape index (κ1) is 14.7. The van der Waals surface area contributed by atoms with E-state index in [4.69, 9.17) is 0 Å². The van der Waals surface area contributed by atoms with Crippen LogP contribution in [0.15, 0.2) is 36.5 Å². The van der Waals surface area contributed by atoms with Crippen LogP contribution in [0.2, 0.25) is 0 Å². The molecule has 0 aliphatic heterocycles. The number of aromatic nitrogens is 1. The largest absolute Gasteiger partial charge is 0.310 e. The lowest BCUT2D eigenvalue weighted by atomic mass is 9.91. The van der Waals surface area contributed by atoms with E-state index in [1.165, 1.54) is 22.3 Å². The molecular formula is C18H24N2. The normalized spacial score (nSPS) is 12.4. The van der Waals surface area contributed by atoms with E-state index in [0.29, 0.717) is 6.04 Å². The van der Waals surface area contributed by atoms with Gasteiger partial charge in [0.05, 0.1) is 0 Å². The minimum atomic E-state index is 0.329. The van der Waals surface area contributed by atoms with Crippen molar-refractivity contribution in [3.63, 3.8) is 0 Å². The standard InChI is InChI=1S/C18H24N2/c1-5-19-17(12-16-8-6-7-9-20-16)18-14(3)10-13(2)11-15(18)4/h6-11,17,19H,5,12H2,1-4H3. The average molecular weight is 268 g/mol. The fourth-order valence-corrected chi connectivity index (χ4v) is 2.99. The van der Waals surface area contributed by atoms with Crippen molar-refractivity contribution in [2.24, 2.45) is 0 Å². The van der Waals surface area contributed by atoms with Gasteiger partial charge in [-0.2, -0.15) is 0 Å². The van der Waals surface area contributed by atoms with Gasteiger partial charge in [0.2, 0.25) is 0 Å². The summed E-state index contributed by atoms with van der Waals surface area (Å²) < 4.78 is 0. The molecule has 0 saturated carbocycles. The Hall–Kier alpha value is -1.67. The zero-order chi connectivity index (χ0) is 14.5. The van der Waals surface area contributed by atoms with Crippen LogP contribution < -0.4 is 5.32 Å². The summed E-state index contributed by atoms with van der Waals surface area (Å²) in [5.74, 6) is 0. The third-order valence-corrected chi connectivity index (χ3v) is 3.68. The molecule has 0 saturated heterocycles. The first-order chi connectivity index (χ1) is 9.61. The molecule has 20 heavy (non-hydrogen) atoms. The Kier molecular flexibility index (Phi) is 4.91. The van der Waals surface area contributed by atoms with E-state index < -0.39 is 0 Å². The molecule has 2 heteroatoms. The minimum absolute atomic E-state index is 0.329. The highest BCUT2D eigenvalue weighted by atomic mass is 14.9. The molecule has 1 aromatic carbocycles. The number of pyridine rings is 1. The first-order valence-electron chi connectivity index (χ1n) is 7.32. The molecule has 0 radical (unpaired) electrons. The maximum absolute atomic E-state index is 4.46. The minimum Gasteiger partial charge on any atom is -0.310 e. The molecule has 106 valence electrons. The fourth-order valence-electron chi connectivity index (χ4n) is 2.99. The molecule has 1 heterocycles. The van der Waals surface area contributed by atoms with Gasteiger partial charge in [-0.1, -0.05) is 30.7 Å². The van der Waals surface area contributed by atoms with E-state index in [1.54, 1.807) is 0 Å². The van der Waals surface area contributed by atoms with Crippen molar-refractivity contribution in [3.8, 4) is 0 Å². The van der Waals surface area contributed by atoms with E-state index in [0.717, 1.165) is 18.7 Å². The van der Waals surface area contributed by atoms with Gasteiger partial charge in [0.15, 0.2) is 0 Å². The predicted octanol–water partition coefficient (Wildman–Crippen LogP) is 3.90. The van der Waals surface area contributed by atoms with E-state index in [1.807, 2.05) is 12.3 Å². The molecule has 0 spiro atoms. The smallest absolute Gasteiger partial charge is 0.0422 e. The second kappa shape index (κ2) is 6.67. The molecule has 1 atom stereocenters. The van der Waals surface area contributed by atoms with Crippen LogP contribution in [0.4, 0.5) is 0 Å². The predicted molar refractivity (Wildman–Crippen MR) is 85.0 cm³/mol. The molecule has 0 fully saturated rings. The van der Waals surface area contributed by atoms with Gasteiger partial charge < -0.3 is 5.32 Å². The number of likely N-dealkylation sites (N-methyl/N-ethyl adjacent to an activating group) is 1. The monoisotopic (exact) mass is 268 g/mol. The summed E-state index contributed by atoms with van der Waals surface area (Å²) in [5.41, 5.74) is 6.62. The molecule has 0 aliphatic carbocycles. The number of rotatable bonds is 5. The van der Waals surface area contributed by atoms with Gasteiger partial charge in [0.25, 0.3) is 0 Å². The highest BCUT2D eigenvalue weighted by Gasteiger charge is 2.16. The lowest BCUT2D eigenvalue weighted by Gasteiger charge is -2.23. The second-order valence-corrected chi connectivity index (χ2v) is 5.45. The Bertz CT molecular complexity index is 538. The molecule has 2 aromatic rings. The summed E-state index contributed by atoms with van der Waals surface area (Å²) in [6.45, 7) is 9.69. The number of hydrogen-bond acceptors (Lipinski definition) is 2. The number of aryl methyl sites for hydroxylation is 3. The summed E-state index contributed by atoms with van der Waals surface area (Å²) in [6, 6.07) is 11.0. The zero-order valence-corrected chi connectivity index (χ0v) is 12.9. The van der Waals surface area contributed by atoms with Gasteiger partial charge in [0.1, 0.15) is 0 Å². The van der Waals surface area contributed by atoms with Crippen LogP contribution in [0.5, 0.6) is 0 Å². The molecule has 0 bridgehead atoms. The Balaban J connectivity index is 2.34. The molecule has 0 amide bonds. The molecule has 1 unspecified atom stereocenters. The SMILES string of the molecule is CCNC(Cc1ccccn1)c1c(C)cc(C)cc1C. The van der Waals surface area contributed by atoms with Crippen LogP contribution in [-0.4, -0.2) is 11.5 Å². The van der Waals surface area contributed by atoms with Gasteiger partial charge in [0, 0.05) is 24.4 Å². The Morgan fingerprint density at radius 3 is 2.35 bits per heavy atom. The van der Waals surface area contributed by atoms with Gasteiger partial charge in [-0.15, -0.1) is 0 Å². The molecular weight excluding hydrogens is 244 g/mol. The molecule has 2 rings (SSSR count). The Morgan fingerprint density at radius 1 is 1.10 bits per heavy atom. The van der Waals surface area contributed by atoms with Crippen molar-refractivity contribution in [1.82, 2.24) is 10.3 Å². The van der Waals surface area contributed by atoms with Gasteiger partial charge in [-0.05, 0) is 56.1 Å². The van der Waals surface area contributed by atoms with Crippen molar-refractivity contribution in [2.45, 2.75) is 40.2 Å². The van der Waals surface area contributed by atoms with Crippen molar-refractivity contribution in [3.05, 3.63) is 64.5 Å². The maximum atomic E-state index is 4.46. The van der Waals surface area contributed by atoms with E-state index in [-0.39, 0.29) is 0 Å². The van der Waals surface area contributed by atoms with Crippen LogP contribution in [0.3, 0.4) is 0 Å². The summed E-state index contributed by atoms with van der Waals surface area (Å²) in [6.07, 6.45) is 2.80. The zero-order valence-electron chi connectivity index (χ0n) is 12.9. The Labute approximate surface area is 122 Å². The summed E-state index contributed by atoms with van der Waals surface area (Å²) in [5, 5.41) is 3.61. The molecule has 2 nitrogen and oxygen atoms in total. The number of nitrogens with one attached hydrogen (secondary N) is 1. The topological polar surface area (TPSA) is 24.9 Å². The number of benzene rings is 1. The summed E-state index contributed by atoms with van der Waals surface area (Å²) in [4.78, 5) is 4.46. The van der Waals surface area contributed by atoms with E-state index in [2.05, 4.69) is 62.3 Å². The van der Waals surface area contributed by atoms with Crippen LogP contribution in [0.25, 0.3) is 0 Å². The lowest BCUT2D eigenvalue weighted by Crippen LogP contribution is -2.25. The van der Waals surface area contributed by atoms with Crippen LogP contribution >= 0.6 is 0 Å². The molecule has 1 N–H and O–H groups in total.